The van der Waals surface area contributed by atoms with Gasteiger partial charge in [0.15, 0.2) is 0 Å². The molecule has 2 rings (SSSR count). The Labute approximate surface area is 137 Å². The van der Waals surface area contributed by atoms with Gasteiger partial charge in [0.2, 0.25) is 0 Å². The lowest BCUT2D eigenvalue weighted by Crippen LogP contribution is -2.45. The topological polar surface area (TPSA) is 46.3 Å². The molecule has 1 heterocycles. The summed E-state index contributed by atoms with van der Waals surface area (Å²) in [6, 6.07) is 5.89. The molecule has 0 radical (unpaired) electrons. The van der Waals surface area contributed by atoms with E-state index >= 15 is 0 Å². The molecule has 1 amide bonds. The third kappa shape index (κ3) is 3.14. The van der Waals surface area contributed by atoms with Crippen LogP contribution in [0.4, 0.5) is 5.69 Å². The number of hydrogen-bond donors (Lipinski definition) is 1. The third-order valence-corrected chi connectivity index (χ3v) is 4.92. The van der Waals surface area contributed by atoms with Gasteiger partial charge >= 0.3 is 0 Å². The fourth-order valence-corrected chi connectivity index (χ4v) is 3.57. The molecule has 0 aliphatic carbocycles. The number of nitrogens with two attached hydrogens (primary N) is 1. The molecule has 21 heavy (non-hydrogen) atoms. The second-order valence-electron chi connectivity index (χ2n) is 5.86. The van der Waals surface area contributed by atoms with Crippen molar-refractivity contribution in [3.63, 3.8) is 0 Å². The summed E-state index contributed by atoms with van der Waals surface area (Å²) in [6.07, 6.45) is 1.74. The van der Waals surface area contributed by atoms with Gasteiger partial charge in [-0.3, -0.25) is 4.79 Å². The molecule has 1 aromatic carbocycles. The molecule has 0 saturated carbocycles. The van der Waals surface area contributed by atoms with Crippen LogP contribution in [0.5, 0.6) is 0 Å². The molecule has 5 heteroatoms. The number of rotatable bonds is 3. The largest absolute Gasteiger partial charge is 0.397 e. The van der Waals surface area contributed by atoms with Crippen molar-refractivity contribution in [1.29, 1.82) is 0 Å². The number of carbonyl (C=O) groups excluding carboxylic acids is 1. The number of carbonyl (C=O) groups is 1. The standard InChI is InChI=1S/C16H19BrN2OS/c1-5-8-19(16(2,3)4)15(20)14-13(18)11-9-10(17)6-7-12(11)21-14/h5-7,9H,1,8,18H2,2-4H3. The minimum Gasteiger partial charge on any atom is -0.397 e. The van der Waals surface area contributed by atoms with Gasteiger partial charge in [-0.15, -0.1) is 17.9 Å². The number of nitrogen functional groups attached to an aromatic ring is 1. The Hall–Kier alpha value is -1.33. The zero-order valence-corrected chi connectivity index (χ0v) is 14.8. The van der Waals surface area contributed by atoms with Crippen molar-refractivity contribution in [3.8, 4) is 0 Å². The van der Waals surface area contributed by atoms with Crippen LogP contribution < -0.4 is 5.73 Å². The first-order valence-electron chi connectivity index (χ1n) is 6.66. The number of benzene rings is 1. The predicted octanol–water partition coefficient (Wildman–Crippen LogP) is 4.67. The van der Waals surface area contributed by atoms with Crippen LogP contribution in [0.3, 0.4) is 0 Å². The van der Waals surface area contributed by atoms with Gasteiger partial charge in [-0.1, -0.05) is 22.0 Å². The molecule has 1 aromatic heterocycles. The van der Waals surface area contributed by atoms with Crippen molar-refractivity contribution in [2.75, 3.05) is 12.3 Å². The molecule has 3 nitrogen and oxygen atoms in total. The Morgan fingerprint density at radius 3 is 2.71 bits per heavy atom. The van der Waals surface area contributed by atoms with E-state index in [1.165, 1.54) is 11.3 Å². The summed E-state index contributed by atoms with van der Waals surface area (Å²) in [5.41, 5.74) is 6.47. The van der Waals surface area contributed by atoms with E-state index in [2.05, 4.69) is 22.5 Å². The predicted molar refractivity (Wildman–Crippen MR) is 94.9 cm³/mol. The van der Waals surface area contributed by atoms with Crippen LogP contribution in [0.1, 0.15) is 30.4 Å². The monoisotopic (exact) mass is 366 g/mol. The lowest BCUT2D eigenvalue weighted by atomic mass is 10.1. The van der Waals surface area contributed by atoms with Crippen molar-refractivity contribution >= 4 is 48.9 Å². The van der Waals surface area contributed by atoms with Crippen molar-refractivity contribution in [2.24, 2.45) is 0 Å². The zero-order chi connectivity index (χ0) is 15.8. The molecule has 0 aliphatic heterocycles. The minimum atomic E-state index is -0.283. The van der Waals surface area contributed by atoms with Crippen molar-refractivity contribution in [3.05, 3.63) is 40.2 Å². The van der Waals surface area contributed by atoms with E-state index in [4.69, 9.17) is 5.73 Å². The highest BCUT2D eigenvalue weighted by atomic mass is 79.9. The molecule has 0 fully saturated rings. The van der Waals surface area contributed by atoms with E-state index < -0.39 is 0 Å². The summed E-state index contributed by atoms with van der Waals surface area (Å²) >= 11 is 4.88. The maximum atomic E-state index is 12.9. The Morgan fingerprint density at radius 2 is 2.14 bits per heavy atom. The first kappa shape index (κ1) is 16.0. The van der Waals surface area contributed by atoms with Crippen LogP contribution in [0.2, 0.25) is 0 Å². The normalized spacial score (nSPS) is 11.6. The number of amides is 1. The number of anilines is 1. The van der Waals surface area contributed by atoms with Crippen molar-refractivity contribution in [1.82, 2.24) is 4.90 Å². The molecule has 0 bridgehead atoms. The van der Waals surface area contributed by atoms with E-state index in [1.54, 1.807) is 11.0 Å². The summed E-state index contributed by atoms with van der Waals surface area (Å²) in [6.45, 7) is 10.3. The highest BCUT2D eigenvalue weighted by Gasteiger charge is 2.29. The highest BCUT2D eigenvalue weighted by molar-refractivity contribution is 9.10. The minimum absolute atomic E-state index is 0.0442. The van der Waals surface area contributed by atoms with Gasteiger partial charge in [-0.05, 0) is 39.0 Å². The van der Waals surface area contributed by atoms with E-state index in [0.29, 0.717) is 17.1 Å². The van der Waals surface area contributed by atoms with E-state index in [0.717, 1.165) is 14.6 Å². The van der Waals surface area contributed by atoms with Gasteiger partial charge in [0.1, 0.15) is 4.88 Å². The van der Waals surface area contributed by atoms with E-state index in [-0.39, 0.29) is 11.4 Å². The summed E-state index contributed by atoms with van der Waals surface area (Å²) in [5.74, 6) is -0.0442. The summed E-state index contributed by atoms with van der Waals surface area (Å²) in [5, 5.41) is 0.921. The fraction of sp³-hybridized carbons (Fsp3) is 0.312. The van der Waals surface area contributed by atoms with Gasteiger partial charge < -0.3 is 10.6 Å². The quantitative estimate of drug-likeness (QED) is 0.802. The fourth-order valence-electron chi connectivity index (χ4n) is 2.16. The average Bonchev–Trinajstić information content (AvgIpc) is 2.71. The molecule has 0 saturated heterocycles. The smallest absolute Gasteiger partial charge is 0.266 e. The first-order chi connectivity index (χ1) is 9.75. The van der Waals surface area contributed by atoms with Crippen LogP contribution >= 0.6 is 27.3 Å². The Balaban J connectivity index is 2.52. The Bertz CT molecular complexity index is 700. The summed E-state index contributed by atoms with van der Waals surface area (Å²) in [4.78, 5) is 15.2. The molecule has 0 unspecified atom stereocenters. The van der Waals surface area contributed by atoms with Gasteiger partial charge in [0, 0.05) is 26.6 Å². The second-order valence-corrected chi connectivity index (χ2v) is 7.83. The van der Waals surface area contributed by atoms with Crippen LogP contribution in [0.15, 0.2) is 35.3 Å². The number of thiophene rings is 1. The third-order valence-electron chi connectivity index (χ3n) is 3.25. The summed E-state index contributed by atoms with van der Waals surface area (Å²) < 4.78 is 1.98. The molecule has 112 valence electrons. The number of nitrogens with zero attached hydrogens (tertiary/aromatic N) is 1. The second kappa shape index (κ2) is 5.81. The highest BCUT2D eigenvalue weighted by Crippen LogP contribution is 2.36. The maximum absolute atomic E-state index is 12.9. The van der Waals surface area contributed by atoms with Crippen LogP contribution in [-0.2, 0) is 0 Å². The van der Waals surface area contributed by atoms with Crippen LogP contribution in [0.25, 0.3) is 10.1 Å². The van der Waals surface area contributed by atoms with E-state index in [9.17, 15) is 4.79 Å². The SMILES string of the molecule is C=CCN(C(=O)c1sc2ccc(Br)cc2c1N)C(C)(C)C. The molecule has 2 N–H and O–H groups in total. The first-order valence-corrected chi connectivity index (χ1v) is 8.27. The van der Waals surface area contributed by atoms with Gasteiger partial charge in [-0.25, -0.2) is 0 Å². The zero-order valence-electron chi connectivity index (χ0n) is 12.4. The van der Waals surface area contributed by atoms with Crippen molar-refractivity contribution in [2.45, 2.75) is 26.3 Å². The molecule has 0 spiro atoms. The van der Waals surface area contributed by atoms with Gasteiger partial charge in [-0.2, -0.15) is 0 Å². The maximum Gasteiger partial charge on any atom is 0.266 e. The average molecular weight is 367 g/mol. The van der Waals surface area contributed by atoms with Crippen LogP contribution in [-0.4, -0.2) is 22.9 Å². The number of halogens is 1. The number of hydrogen-bond acceptors (Lipinski definition) is 3. The lowest BCUT2D eigenvalue weighted by molar-refractivity contribution is 0.0623. The Morgan fingerprint density at radius 1 is 1.48 bits per heavy atom. The molecule has 0 aliphatic rings. The summed E-state index contributed by atoms with van der Waals surface area (Å²) in [7, 11) is 0. The lowest BCUT2D eigenvalue weighted by Gasteiger charge is -2.34. The molecular formula is C16H19BrN2OS. The van der Waals surface area contributed by atoms with Gasteiger partial charge in [0.25, 0.3) is 5.91 Å². The molecule has 2 aromatic rings. The van der Waals surface area contributed by atoms with Crippen LogP contribution in [0, 0.1) is 0 Å². The molecular weight excluding hydrogens is 348 g/mol. The van der Waals surface area contributed by atoms with Crippen molar-refractivity contribution < 1.29 is 4.79 Å². The molecule has 0 atom stereocenters. The Kier molecular flexibility index (Phi) is 4.44. The number of fused-ring (bicyclic) bond motifs is 1. The van der Waals surface area contributed by atoms with Gasteiger partial charge in [0.05, 0.1) is 5.69 Å². The van der Waals surface area contributed by atoms with E-state index in [1.807, 2.05) is 39.0 Å².